The molecule has 3 heteroatoms. The number of rotatable bonds is 3. The lowest BCUT2D eigenvalue weighted by Crippen LogP contribution is -2.49. The van der Waals surface area contributed by atoms with E-state index in [2.05, 4.69) is 66.8 Å². The lowest BCUT2D eigenvalue weighted by molar-refractivity contribution is 0.0279. The summed E-state index contributed by atoms with van der Waals surface area (Å²) in [5.41, 5.74) is 4.46. The van der Waals surface area contributed by atoms with E-state index in [1.54, 1.807) is 11.1 Å². The van der Waals surface area contributed by atoms with Crippen LogP contribution in [0.3, 0.4) is 0 Å². The summed E-state index contributed by atoms with van der Waals surface area (Å²) in [4.78, 5) is 0. The van der Waals surface area contributed by atoms with Crippen LogP contribution in [0, 0.1) is 28.6 Å². The fraction of sp³-hybridized carbons (Fsp3) is 0.857. The molecule has 5 rings (SSSR count). The minimum atomic E-state index is -1.71. The monoisotopic (exact) mass is 442 g/mol. The molecule has 4 fully saturated rings. The fourth-order valence-electron chi connectivity index (χ4n) is 7.98. The highest BCUT2D eigenvalue weighted by Gasteiger charge is 2.63. The Bertz CT molecular complexity index is 813. The zero-order valence-electron chi connectivity index (χ0n) is 21.4. The Hall–Kier alpha value is -0.383. The van der Waals surface area contributed by atoms with Gasteiger partial charge in [0.1, 0.15) is 0 Å². The van der Waals surface area contributed by atoms with E-state index in [1.165, 1.54) is 38.5 Å². The van der Waals surface area contributed by atoms with Crippen molar-refractivity contribution in [2.24, 2.45) is 28.6 Å². The summed E-state index contributed by atoms with van der Waals surface area (Å²) in [7, 11) is -1.71. The normalized spacial score (nSPS) is 47.1. The zero-order chi connectivity index (χ0) is 22.4. The first-order chi connectivity index (χ1) is 14.3. The third kappa shape index (κ3) is 3.31. The quantitative estimate of drug-likeness (QED) is 0.330. The molecule has 174 valence electrons. The van der Waals surface area contributed by atoms with Crippen LogP contribution in [0.2, 0.25) is 18.1 Å². The van der Waals surface area contributed by atoms with Crippen LogP contribution in [0.1, 0.15) is 86.5 Å². The second kappa shape index (κ2) is 6.82. The topological polar surface area (TPSA) is 21.8 Å². The van der Waals surface area contributed by atoms with Crippen molar-refractivity contribution in [3.05, 3.63) is 23.3 Å². The molecular weight excluding hydrogens is 396 g/mol. The second-order valence-electron chi connectivity index (χ2n) is 13.9. The number of fused-ring (bicyclic) bond motifs is 5. The summed E-state index contributed by atoms with van der Waals surface area (Å²) in [6, 6.07) is 0. The molecule has 0 aromatic carbocycles. The third-order valence-electron chi connectivity index (χ3n) is 11.1. The average Bonchev–Trinajstić information content (AvgIpc) is 3.29. The summed E-state index contributed by atoms with van der Waals surface area (Å²) < 4.78 is 12.8. The van der Waals surface area contributed by atoms with Gasteiger partial charge in [0.15, 0.2) is 8.32 Å². The van der Waals surface area contributed by atoms with Crippen molar-refractivity contribution in [3.8, 4) is 0 Å². The van der Waals surface area contributed by atoms with Crippen LogP contribution in [0.4, 0.5) is 0 Å². The van der Waals surface area contributed by atoms with E-state index in [0.717, 1.165) is 30.8 Å². The van der Waals surface area contributed by atoms with Crippen LogP contribution in [-0.4, -0.2) is 26.6 Å². The Morgan fingerprint density at radius 3 is 2.32 bits per heavy atom. The number of allylic oxidation sites excluding steroid dienone is 3. The van der Waals surface area contributed by atoms with E-state index >= 15 is 0 Å². The molecule has 1 aliphatic heterocycles. The van der Waals surface area contributed by atoms with Crippen LogP contribution in [-0.2, 0) is 9.16 Å². The Morgan fingerprint density at radius 1 is 0.968 bits per heavy atom. The van der Waals surface area contributed by atoms with Crippen LogP contribution < -0.4 is 0 Å². The highest BCUT2D eigenvalue weighted by Crippen LogP contribution is 2.67. The third-order valence-corrected chi connectivity index (χ3v) is 15.7. The van der Waals surface area contributed by atoms with Crippen molar-refractivity contribution in [1.29, 1.82) is 0 Å². The van der Waals surface area contributed by atoms with E-state index in [9.17, 15) is 0 Å². The molecule has 0 aromatic rings. The average molecular weight is 443 g/mol. The maximum absolute atomic E-state index is 6.88. The molecule has 1 heterocycles. The van der Waals surface area contributed by atoms with Crippen LogP contribution >= 0.6 is 0 Å². The van der Waals surface area contributed by atoms with E-state index in [0.29, 0.717) is 16.9 Å². The standard InChI is InChI=1S/C28H46O2Si/c1-25(2,3)31(7,8)30-20-13-15-26(4)19(17-20)9-10-21-22-11-12-24(28(6)18-29-28)27(22,5)16-14-23(21)26/h9-10,20,22-24H,11-18H2,1-8H3/t20-,22-,23-,24-,26-,27-,28+/m0/s1. The van der Waals surface area contributed by atoms with Crippen LogP contribution in [0.15, 0.2) is 23.3 Å². The van der Waals surface area contributed by atoms with Gasteiger partial charge in [-0.05, 0) is 98.6 Å². The summed E-state index contributed by atoms with van der Waals surface area (Å²) in [5.74, 6) is 2.28. The van der Waals surface area contributed by atoms with Crippen LogP contribution in [0.25, 0.3) is 0 Å². The Kier molecular flexibility index (Phi) is 4.93. The van der Waals surface area contributed by atoms with Crippen LogP contribution in [0.5, 0.6) is 0 Å². The van der Waals surface area contributed by atoms with Gasteiger partial charge >= 0.3 is 0 Å². The Balaban J connectivity index is 1.38. The van der Waals surface area contributed by atoms with Gasteiger partial charge in [-0.2, -0.15) is 0 Å². The zero-order valence-corrected chi connectivity index (χ0v) is 22.4. The maximum Gasteiger partial charge on any atom is 0.192 e. The lowest BCUT2D eigenvalue weighted by atomic mass is 9.50. The molecule has 0 bridgehead atoms. The SMILES string of the molecule is CC(C)(C)[Si](C)(C)O[C@H]1CC[C@@]2(C)C(=CC=C3[C@@H]4CC[C@H]([C@@]5(C)CO5)[C@@]4(C)CC[C@@H]32)C1. The second-order valence-corrected chi connectivity index (χ2v) is 18.7. The predicted molar refractivity (Wildman–Crippen MR) is 132 cm³/mol. The molecule has 31 heavy (non-hydrogen) atoms. The molecule has 2 nitrogen and oxygen atoms in total. The molecule has 3 saturated carbocycles. The molecule has 4 aliphatic carbocycles. The Morgan fingerprint density at radius 2 is 1.68 bits per heavy atom. The first-order valence-electron chi connectivity index (χ1n) is 13.0. The molecule has 0 N–H and O–H groups in total. The molecule has 7 atom stereocenters. The smallest absolute Gasteiger partial charge is 0.192 e. The first kappa shape index (κ1) is 22.4. The van der Waals surface area contributed by atoms with Crippen molar-refractivity contribution in [1.82, 2.24) is 0 Å². The van der Waals surface area contributed by atoms with E-state index < -0.39 is 8.32 Å². The van der Waals surface area contributed by atoms with Crippen molar-refractivity contribution in [2.45, 2.75) is 116 Å². The number of ether oxygens (including phenoxy) is 1. The molecule has 0 spiro atoms. The van der Waals surface area contributed by atoms with Gasteiger partial charge in [-0.25, -0.2) is 0 Å². The largest absolute Gasteiger partial charge is 0.414 e. The fourth-order valence-corrected chi connectivity index (χ4v) is 9.37. The maximum atomic E-state index is 6.88. The summed E-state index contributed by atoms with van der Waals surface area (Å²) in [6.07, 6.45) is 14.7. The highest BCUT2D eigenvalue weighted by molar-refractivity contribution is 6.74. The van der Waals surface area contributed by atoms with Crippen molar-refractivity contribution < 1.29 is 9.16 Å². The number of hydrogen-bond acceptors (Lipinski definition) is 2. The van der Waals surface area contributed by atoms with Crippen molar-refractivity contribution in [2.75, 3.05) is 6.61 Å². The minimum absolute atomic E-state index is 0.176. The van der Waals surface area contributed by atoms with Gasteiger partial charge in [0.2, 0.25) is 0 Å². The van der Waals surface area contributed by atoms with Crippen molar-refractivity contribution in [3.63, 3.8) is 0 Å². The van der Waals surface area contributed by atoms with Gasteiger partial charge < -0.3 is 9.16 Å². The van der Waals surface area contributed by atoms with E-state index in [1.807, 2.05) is 0 Å². The van der Waals surface area contributed by atoms with Gasteiger partial charge in [-0.15, -0.1) is 0 Å². The Labute approximate surface area is 192 Å². The van der Waals surface area contributed by atoms with Gasteiger partial charge in [0, 0.05) is 6.10 Å². The summed E-state index contributed by atoms with van der Waals surface area (Å²) in [5, 5.41) is 0.288. The van der Waals surface area contributed by atoms with Gasteiger partial charge in [0.25, 0.3) is 0 Å². The highest BCUT2D eigenvalue weighted by atomic mass is 28.4. The first-order valence-corrected chi connectivity index (χ1v) is 15.9. The van der Waals surface area contributed by atoms with Gasteiger partial charge in [0.05, 0.1) is 12.2 Å². The number of epoxide rings is 1. The van der Waals surface area contributed by atoms with Crippen molar-refractivity contribution >= 4 is 8.32 Å². The lowest BCUT2D eigenvalue weighted by Gasteiger charge is -2.55. The summed E-state index contributed by atoms with van der Waals surface area (Å²) >= 11 is 0. The summed E-state index contributed by atoms with van der Waals surface area (Å²) in [6.45, 7) is 20.5. The van der Waals surface area contributed by atoms with Gasteiger partial charge in [-0.3, -0.25) is 0 Å². The predicted octanol–water partition coefficient (Wildman–Crippen LogP) is 7.66. The van der Waals surface area contributed by atoms with E-state index in [-0.39, 0.29) is 10.6 Å². The molecule has 0 aromatic heterocycles. The number of hydrogen-bond donors (Lipinski definition) is 0. The van der Waals surface area contributed by atoms with Gasteiger partial charge in [-0.1, -0.05) is 57.9 Å². The minimum Gasteiger partial charge on any atom is -0.414 e. The molecule has 5 aliphatic rings. The molecule has 0 unspecified atom stereocenters. The molecular formula is C28H46O2Si. The molecule has 1 saturated heterocycles. The van der Waals surface area contributed by atoms with E-state index in [4.69, 9.17) is 9.16 Å². The molecule has 0 radical (unpaired) electrons. The molecule has 0 amide bonds.